The molecule has 1 atom stereocenters. The van der Waals surface area contributed by atoms with Crippen molar-refractivity contribution in [1.29, 1.82) is 0 Å². The molecule has 0 radical (unpaired) electrons. The number of hydrogen-bond donors (Lipinski definition) is 1. The molecule has 1 saturated heterocycles. The van der Waals surface area contributed by atoms with Gasteiger partial charge in [0.1, 0.15) is 0 Å². The highest BCUT2D eigenvalue weighted by Crippen LogP contribution is 2.22. The molecule has 1 aliphatic heterocycles. The highest BCUT2D eigenvalue weighted by atomic mass is 32.2. The van der Waals surface area contributed by atoms with Gasteiger partial charge in [0.2, 0.25) is 5.91 Å². The van der Waals surface area contributed by atoms with E-state index in [0.29, 0.717) is 32.6 Å². The third-order valence-electron chi connectivity index (χ3n) is 4.40. The third kappa shape index (κ3) is 5.62. The number of nitrogens with one attached hydrogen (secondary N) is 1. The van der Waals surface area contributed by atoms with E-state index < -0.39 is 9.84 Å². The molecule has 0 spiro atoms. The molecule has 0 unspecified atom stereocenters. The number of nitrogens with zero attached hydrogens (tertiary/aromatic N) is 1. The second-order valence-corrected chi connectivity index (χ2v) is 8.61. The van der Waals surface area contributed by atoms with Gasteiger partial charge in [0.15, 0.2) is 9.84 Å². The van der Waals surface area contributed by atoms with Gasteiger partial charge in [0.25, 0.3) is 0 Å². The van der Waals surface area contributed by atoms with Crippen molar-refractivity contribution in [3.05, 3.63) is 35.4 Å². The van der Waals surface area contributed by atoms with Crippen LogP contribution >= 0.6 is 0 Å². The van der Waals surface area contributed by atoms with Crippen LogP contribution in [0.5, 0.6) is 0 Å². The number of rotatable bonds is 6. The lowest BCUT2D eigenvalue weighted by Gasteiger charge is -2.26. The summed E-state index contributed by atoms with van der Waals surface area (Å²) in [5.41, 5.74) is 2.42. The van der Waals surface area contributed by atoms with E-state index in [-0.39, 0.29) is 23.3 Å². The predicted octanol–water partition coefficient (Wildman–Crippen LogP) is 1.34. The van der Waals surface area contributed by atoms with Crippen LogP contribution in [0.25, 0.3) is 0 Å². The van der Waals surface area contributed by atoms with Crippen molar-refractivity contribution in [3.63, 3.8) is 0 Å². The second-order valence-electron chi connectivity index (χ2n) is 6.31. The van der Waals surface area contributed by atoms with Crippen LogP contribution in [0, 0.1) is 6.92 Å². The Bertz CT molecular complexity index is 629. The maximum absolute atomic E-state index is 12.1. The Hall–Kier alpha value is -1.40. The summed E-state index contributed by atoms with van der Waals surface area (Å²) in [6.45, 7) is 6.54. The normalized spacial score (nSPS) is 19.2. The van der Waals surface area contributed by atoms with Gasteiger partial charge < -0.3 is 5.32 Å². The fourth-order valence-corrected chi connectivity index (χ4v) is 4.20. The number of amides is 1. The predicted molar refractivity (Wildman–Crippen MR) is 92.3 cm³/mol. The summed E-state index contributed by atoms with van der Waals surface area (Å²) in [7, 11) is -2.84. The van der Waals surface area contributed by atoms with E-state index in [0.717, 1.165) is 0 Å². The lowest BCUT2D eigenvalue weighted by atomic mass is 9.93. The first-order valence-corrected chi connectivity index (χ1v) is 9.94. The van der Waals surface area contributed by atoms with Crippen molar-refractivity contribution in [2.45, 2.75) is 26.2 Å². The Kier molecular flexibility index (Phi) is 6.18. The Morgan fingerprint density at radius 2 is 1.91 bits per heavy atom. The summed E-state index contributed by atoms with van der Waals surface area (Å²) in [4.78, 5) is 14.1. The van der Waals surface area contributed by atoms with Crippen molar-refractivity contribution in [1.82, 2.24) is 10.2 Å². The minimum Gasteiger partial charge on any atom is -0.355 e. The molecule has 1 aromatic carbocycles. The van der Waals surface area contributed by atoms with Crippen LogP contribution in [0.15, 0.2) is 24.3 Å². The fraction of sp³-hybridized carbons (Fsp3) is 0.588. The van der Waals surface area contributed by atoms with Gasteiger partial charge in [-0.1, -0.05) is 31.2 Å². The quantitative estimate of drug-likeness (QED) is 0.850. The maximum Gasteiger partial charge on any atom is 0.220 e. The largest absolute Gasteiger partial charge is 0.355 e. The van der Waals surface area contributed by atoms with Gasteiger partial charge in [-0.15, -0.1) is 0 Å². The highest BCUT2D eigenvalue weighted by molar-refractivity contribution is 7.91. The summed E-state index contributed by atoms with van der Waals surface area (Å²) in [5, 5.41) is 2.94. The van der Waals surface area contributed by atoms with Crippen LogP contribution in [0.2, 0.25) is 0 Å². The second kappa shape index (κ2) is 7.93. The summed E-state index contributed by atoms with van der Waals surface area (Å²) < 4.78 is 22.7. The topological polar surface area (TPSA) is 66.5 Å². The van der Waals surface area contributed by atoms with Crippen LogP contribution in [-0.2, 0) is 14.6 Å². The van der Waals surface area contributed by atoms with E-state index >= 15 is 0 Å². The molecule has 1 heterocycles. The Balaban J connectivity index is 1.70. The average Bonchev–Trinajstić information content (AvgIpc) is 2.49. The van der Waals surface area contributed by atoms with E-state index in [2.05, 4.69) is 36.2 Å². The van der Waals surface area contributed by atoms with E-state index in [9.17, 15) is 13.2 Å². The van der Waals surface area contributed by atoms with Crippen LogP contribution < -0.4 is 5.32 Å². The first-order chi connectivity index (χ1) is 10.9. The molecule has 1 fully saturated rings. The number of carbonyl (C=O) groups excluding carboxylic acids is 1. The number of carbonyl (C=O) groups is 1. The Morgan fingerprint density at radius 1 is 1.26 bits per heavy atom. The fourth-order valence-electron chi connectivity index (χ4n) is 2.93. The lowest BCUT2D eigenvalue weighted by molar-refractivity contribution is -0.121. The molecule has 0 saturated carbocycles. The van der Waals surface area contributed by atoms with Gasteiger partial charge in [-0.25, -0.2) is 8.42 Å². The summed E-state index contributed by atoms with van der Waals surface area (Å²) >= 11 is 0. The van der Waals surface area contributed by atoms with Gasteiger partial charge in [0, 0.05) is 32.6 Å². The molecular formula is C17H26N2O3S. The van der Waals surface area contributed by atoms with Crippen molar-refractivity contribution in [3.8, 4) is 0 Å². The molecule has 1 aromatic rings. The molecule has 128 valence electrons. The zero-order valence-corrected chi connectivity index (χ0v) is 14.7. The molecule has 23 heavy (non-hydrogen) atoms. The first kappa shape index (κ1) is 17.9. The molecule has 1 amide bonds. The molecule has 1 N–H and O–H groups in total. The molecule has 2 rings (SSSR count). The Labute approximate surface area is 139 Å². The van der Waals surface area contributed by atoms with Crippen molar-refractivity contribution < 1.29 is 13.2 Å². The SMILES string of the molecule is Cc1ccccc1[C@@H](C)CC(=O)NCCN1CCS(=O)(=O)CC1. The summed E-state index contributed by atoms with van der Waals surface area (Å²) in [5.74, 6) is 0.693. The monoisotopic (exact) mass is 338 g/mol. The molecular weight excluding hydrogens is 312 g/mol. The number of sulfone groups is 1. The van der Waals surface area contributed by atoms with E-state index in [1.165, 1.54) is 11.1 Å². The zero-order valence-electron chi connectivity index (χ0n) is 13.9. The number of aryl methyl sites for hydroxylation is 1. The van der Waals surface area contributed by atoms with Crippen LogP contribution in [0.4, 0.5) is 0 Å². The number of hydrogen-bond acceptors (Lipinski definition) is 4. The van der Waals surface area contributed by atoms with Gasteiger partial charge in [0.05, 0.1) is 11.5 Å². The minimum atomic E-state index is -2.84. The maximum atomic E-state index is 12.1. The van der Waals surface area contributed by atoms with Gasteiger partial charge in [-0.05, 0) is 24.0 Å². The summed E-state index contributed by atoms with van der Waals surface area (Å²) in [6.07, 6.45) is 0.471. The van der Waals surface area contributed by atoms with E-state index in [4.69, 9.17) is 0 Å². The molecule has 0 aliphatic carbocycles. The van der Waals surface area contributed by atoms with E-state index in [1.54, 1.807) is 0 Å². The molecule has 6 heteroatoms. The first-order valence-electron chi connectivity index (χ1n) is 8.12. The zero-order chi connectivity index (χ0) is 16.9. The van der Waals surface area contributed by atoms with Crippen LogP contribution in [0.3, 0.4) is 0 Å². The molecule has 1 aliphatic rings. The summed E-state index contributed by atoms with van der Waals surface area (Å²) in [6, 6.07) is 8.14. The highest BCUT2D eigenvalue weighted by Gasteiger charge is 2.21. The lowest BCUT2D eigenvalue weighted by Crippen LogP contribution is -2.43. The Morgan fingerprint density at radius 3 is 2.57 bits per heavy atom. The van der Waals surface area contributed by atoms with Crippen molar-refractivity contribution in [2.24, 2.45) is 0 Å². The number of benzene rings is 1. The van der Waals surface area contributed by atoms with Gasteiger partial charge in [-0.2, -0.15) is 0 Å². The minimum absolute atomic E-state index is 0.0467. The molecule has 0 aromatic heterocycles. The van der Waals surface area contributed by atoms with Gasteiger partial charge in [-0.3, -0.25) is 9.69 Å². The standard InChI is InChI=1S/C17H26N2O3S/c1-14-5-3-4-6-16(14)15(2)13-17(20)18-7-8-19-9-11-23(21,22)12-10-19/h3-6,15H,7-13H2,1-2H3,(H,18,20)/t15-/m0/s1. The smallest absolute Gasteiger partial charge is 0.220 e. The van der Waals surface area contributed by atoms with E-state index in [1.807, 2.05) is 12.1 Å². The van der Waals surface area contributed by atoms with Crippen LogP contribution in [0.1, 0.15) is 30.4 Å². The molecule has 5 nitrogen and oxygen atoms in total. The molecule has 0 bridgehead atoms. The van der Waals surface area contributed by atoms with Crippen molar-refractivity contribution >= 4 is 15.7 Å². The average molecular weight is 338 g/mol. The van der Waals surface area contributed by atoms with Crippen LogP contribution in [-0.4, -0.2) is 56.9 Å². The third-order valence-corrected chi connectivity index (χ3v) is 6.01. The van der Waals surface area contributed by atoms with Gasteiger partial charge >= 0.3 is 0 Å². The van der Waals surface area contributed by atoms with Crippen molar-refractivity contribution in [2.75, 3.05) is 37.7 Å².